The smallest absolute Gasteiger partial charge is 0.308 e. The highest BCUT2D eigenvalue weighted by molar-refractivity contribution is 5.94. The molecule has 0 aliphatic carbocycles. The van der Waals surface area contributed by atoms with Gasteiger partial charge < -0.3 is 10.0 Å². The van der Waals surface area contributed by atoms with Gasteiger partial charge in [-0.15, -0.1) is 0 Å². The van der Waals surface area contributed by atoms with Gasteiger partial charge in [0.25, 0.3) is 5.91 Å². The standard InChI is InChI=1S/C17H17N3O3/c1-11-2-3-13(8-19-11)16(21)20-9-14(15(10-20)17(22)23)12-4-6-18-7-5-12/h2-8,14-15H,9-10H2,1H3,(H,22,23)/t14-,15+/m1/s1. The fourth-order valence-corrected chi connectivity index (χ4v) is 2.95. The molecule has 6 heteroatoms. The number of carboxylic acid groups (broad SMARTS) is 1. The minimum atomic E-state index is -0.885. The van der Waals surface area contributed by atoms with Crippen molar-refractivity contribution in [3.63, 3.8) is 0 Å². The number of aliphatic carboxylic acids is 1. The summed E-state index contributed by atoms with van der Waals surface area (Å²) in [5.41, 5.74) is 2.21. The van der Waals surface area contributed by atoms with Gasteiger partial charge in [-0.05, 0) is 36.8 Å². The van der Waals surface area contributed by atoms with E-state index in [1.165, 1.54) is 6.20 Å². The molecule has 1 fully saturated rings. The average Bonchev–Trinajstić information content (AvgIpc) is 3.01. The second-order valence-electron chi connectivity index (χ2n) is 5.73. The van der Waals surface area contributed by atoms with Crippen LogP contribution in [0.5, 0.6) is 0 Å². The first-order valence-electron chi connectivity index (χ1n) is 7.41. The molecular weight excluding hydrogens is 294 g/mol. The van der Waals surface area contributed by atoms with Gasteiger partial charge in [0.15, 0.2) is 0 Å². The first kappa shape index (κ1) is 15.1. The van der Waals surface area contributed by atoms with Gasteiger partial charge in [-0.3, -0.25) is 19.6 Å². The van der Waals surface area contributed by atoms with Gasteiger partial charge in [-0.25, -0.2) is 0 Å². The number of carbonyl (C=O) groups is 2. The third-order valence-corrected chi connectivity index (χ3v) is 4.22. The molecule has 1 aliphatic heterocycles. The molecule has 1 N–H and O–H groups in total. The molecule has 3 heterocycles. The predicted octanol–water partition coefficient (Wildman–Crippen LogP) is 1.73. The SMILES string of the molecule is Cc1ccc(C(=O)N2C[C@H](C(=O)O)[C@@H](c3ccncc3)C2)cn1. The van der Waals surface area contributed by atoms with Gasteiger partial charge in [0.2, 0.25) is 0 Å². The van der Waals surface area contributed by atoms with Gasteiger partial charge in [-0.1, -0.05) is 0 Å². The second-order valence-corrected chi connectivity index (χ2v) is 5.73. The van der Waals surface area contributed by atoms with Crippen molar-refractivity contribution < 1.29 is 14.7 Å². The number of rotatable bonds is 3. The summed E-state index contributed by atoms with van der Waals surface area (Å²) in [6, 6.07) is 7.11. The molecule has 0 unspecified atom stereocenters. The maximum atomic E-state index is 12.6. The molecule has 0 spiro atoms. The third kappa shape index (κ3) is 3.06. The molecule has 0 radical (unpaired) electrons. The van der Waals surface area contributed by atoms with E-state index < -0.39 is 11.9 Å². The summed E-state index contributed by atoms with van der Waals surface area (Å²) in [4.78, 5) is 33.8. The average molecular weight is 311 g/mol. The summed E-state index contributed by atoms with van der Waals surface area (Å²) in [5, 5.41) is 9.49. The van der Waals surface area contributed by atoms with E-state index in [0.29, 0.717) is 12.1 Å². The quantitative estimate of drug-likeness (QED) is 0.933. The van der Waals surface area contributed by atoms with Crippen LogP contribution >= 0.6 is 0 Å². The number of hydrogen-bond acceptors (Lipinski definition) is 4. The lowest BCUT2D eigenvalue weighted by molar-refractivity contribution is -0.141. The van der Waals surface area contributed by atoms with Crippen LogP contribution in [-0.4, -0.2) is 44.9 Å². The monoisotopic (exact) mass is 311 g/mol. The predicted molar refractivity (Wildman–Crippen MR) is 83.0 cm³/mol. The first-order valence-corrected chi connectivity index (χ1v) is 7.41. The van der Waals surface area contributed by atoms with Gasteiger partial charge >= 0.3 is 5.97 Å². The molecule has 2 atom stereocenters. The fraction of sp³-hybridized carbons (Fsp3) is 0.294. The summed E-state index contributed by atoms with van der Waals surface area (Å²) in [7, 11) is 0. The molecule has 3 rings (SSSR count). The van der Waals surface area contributed by atoms with E-state index in [9.17, 15) is 14.7 Å². The molecule has 1 amide bonds. The van der Waals surface area contributed by atoms with Gasteiger partial charge in [0, 0.05) is 43.3 Å². The normalized spacial score (nSPS) is 20.5. The fourth-order valence-electron chi connectivity index (χ4n) is 2.95. The van der Waals surface area contributed by atoms with Crippen molar-refractivity contribution in [3.05, 3.63) is 59.7 Å². The number of pyridine rings is 2. The number of hydrogen-bond donors (Lipinski definition) is 1. The summed E-state index contributed by atoms with van der Waals surface area (Å²) < 4.78 is 0. The minimum Gasteiger partial charge on any atom is -0.481 e. The summed E-state index contributed by atoms with van der Waals surface area (Å²) in [5.74, 6) is -1.90. The molecular formula is C17H17N3O3. The number of aryl methyl sites for hydroxylation is 1. The first-order chi connectivity index (χ1) is 11.1. The lowest BCUT2D eigenvalue weighted by atomic mass is 9.90. The second kappa shape index (κ2) is 6.16. The zero-order chi connectivity index (χ0) is 16.4. The van der Waals surface area contributed by atoms with Crippen molar-refractivity contribution >= 4 is 11.9 Å². The van der Waals surface area contributed by atoms with Crippen molar-refractivity contribution in [1.82, 2.24) is 14.9 Å². The third-order valence-electron chi connectivity index (χ3n) is 4.22. The summed E-state index contributed by atoms with van der Waals surface area (Å²) in [6.07, 6.45) is 4.82. The number of aromatic nitrogens is 2. The lowest BCUT2D eigenvalue weighted by Crippen LogP contribution is -2.30. The lowest BCUT2D eigenvalue weighted by Gasteiger charge is -2.16. The molecule has 0 bridgehead atoms. The maximum absolute atomic E-state index is 12.6. The highest BCUT2D eigenvalue weighted by atomic mass is 16.4. The van der Waals surface area contributed by atoms with Gasteiger partial charge in [-0.2, -0.15) is 0 Å². The molecule has 2 aromatic rings. The molecule has 6 nitrogen and oxygen atoms in total. The van der Waals surface area contributed by atoms with Crippen LogP contribution in [0.4, 0.5) is 0 Å². The number of amides is 1. The molecule has 2 aromatic heterocycles. The van der Waals surface area contributed by atoms with Crippen LogP contribution < -0.4 is 0 Å². The van der Waals surface area contributed by atoms with Crippen molar-refractivity contribution in [2.24, 2.45) is 5.92 Å². The van der Waals surface area contributed by atoms with Crippen LogP contribution in [0, 0.1) is 12.8 Å². The van der Waals surface area contributed by atoms with Gasteiger partial charge in [0.05, 0.1) is 11.5 Å². The van der Waals surface area contributed by atoms with Crippen LogP contribution in [0.3, 0.4) is 0 Å². The van der Waals surface area contributed by atoms with Crippen LogP contribution in [0.15, 0.2) is 42.9 Å². The van der Waals surface area contributed by atoms with E-state index in [-0.39, 0.29) is 18.4 Å². The maximum Gasteiger partial charge on any atom is 0.308 e. The molecule has 0 aromatic carbocycles. The Bertz CT molecular complexity index is 716. The van der Waals surface area contributed by atoms with E-state index in [1.807, 2.05) is 19.1 Å². The Labute approximate surface area is 133 Å². The molecule has 1 saturated heterocycles. The highest BCUT2D eigenvalue weighted by Gasteiger charge is 2.40. The van der Waals surface area contributed by atoms with Crippen LogP contribution in [-0.2, 0) is 4.79 Å². The zero-order valence-corrected chi connectivity index (χ0v) is 12.7. The number of carboxylic acids is 1. The highest BCUT2D eigenvalue weighted by Crippen LogP contribution is 2.33. The minimum absolute atomic E-state index is 0.180. The van der Waals surface area contributed by atoms with Crippen molar-refractivity contribution in [2.45, 2.75) is 12.8 Å². The van der Waals surface area contributed by atoms with E-state index in [2.05, 4.69) is 9.97 Å². The number of nitrogens with zero attached hydrogens (tertiary/aromatic N) is 3. The van der Waals surface area contributed by atoms with E-state index in [0.717, 1.165) is 11.3 Å². The van der Waals surface area contributed by atoms with Crippen LogP contribution in [0.2, 0.25) is 0 Å². The molecule has 23 heavy (non-hydrogen) atoms. The Morgan fingerprint density at radius 3 is 2.52 bits per heavy atom. The largest absolute Gasteiger partial charge is 0.481 e. The zero-order valence-electron chi connectivity index (χ0n) is 12.7. The Hall–Kier alpha value is -2.76. The Morgan fingerprint density at radius 2 is 1.91 bits per heavy atom. The molecule has 1 aliphatic rings. The Morgan fingerprint density at radius 1 is 1.17 bits per heavy atom. The Kier molecular flexibility index (Phi) is 4.06. The summed E-state index contributed by atoms with van der Waals surface area (Å²) >= 11 is 0. The van der Waals surface area contributed by atoms with Crippen LogP contribution in [0.1, 0.15) is 27.5 Å². The van der Waals surface area contributed by atoms with Gasteiger partial charge in [0.1, 0.15) is 0 Å². The van der Waals surface area contributed by atoms with E-state index in [4.69, 9.17) is 0 Å². The number of likely N-dealkylation sites (tertiary alicyclic amines) is 1. The molecule has 0 saturated carbocycles. The topological polar surface area (TPSA) is 83.4 Å². The number of carbonyl (C=O) groups excluding carboxylic acids is 1. The van der Waals surface area contributed by atoms with Crippen LogP contribution in [0.25, 0.3) is 0 Å². The Balaban J connectivity index is 1.84. The van der Waals surface area contributed by atoms with Crippen molar-refractivity contribution in [1.29, 1.82) is 0 Å². The summed E-state index contributed by atoms with van der Waals surface area (Å²) in [6.45, 7) is 2.44. The molecule has 118 valence electrons. The van der Waals surface area contributed by atoms with E-state index >= 15 is 0 Å². The van der Waals surface area contributed by atoms with E-state index in [1.54, 1.807) is 29.4 Å². The van der Waals surface area contributed by atoms with Crippen molar-refractivity contribution in [2.75, 3.05) is 13.1 Å². The van der Waals surface area contributed by atoms with Crippen molar-refractivity contribution in [3.8, 4) is 0 Å².